The summed E-state index contributed by atoms with van der Waals surface area (Å²) in [6.45, 7) is 9.12. The molecule has 0 radical (unpaired) electrons. The third kappa shape index (κ3) is 12.6. The van der Waals surface area contributed by atoms with Gasteiger partial charge in [0.25, 0.3) is 0 Å². The van der Waals surface area contributed by atoms with Gasteiger partial charge in [-0.25, -0.2) is 0 Å². The Labute approximate surface area is 647 Å². The molecule has 2 nitrogen and oxygen atoms in total. The van der Waals surface area contributed by atoms with Gasteiger partial charge in [-0.15, -0.1) is 0 Å². The molecule has 2 aliphatic carbocycles. The predicted octanol–water partition coefficient (Wildman–Crippen LogP) is 32.0. The smallest absolute Gasteiger partial charge is 0.0546 e. The van der Waals surface area contributed by atoms with Crippen LogP contribution < -0.4 is 9.80 Å². The molecule has 18 aromatic rings. The van der Waals surface area contributed by atoms with E-state index in [1.54, 1.807) is 0 Å². The second kappa shape index (κ2) is 29.5. The lowest BCUT2D eigenvalue weighted by atomic mass is 9.83. The Kier molecular flexibility index (Phi) is 18.3. The van der Waals surface area contributed by atoms with E-state index in [0.29, 0.717) is 23.7 Å². The van der Waals surface area contributed by atoms with Gasteiger partial charge in [0.05, 0.1) is 11.4 Å². The van der Waals surface area contributed by atoms with Crippen LogP contribution in [0, 0.1) is 0 Å². The lowest BCUT2D eigenvalue weighted by molar-refractivity contribution is 0.443. The minimum absolute atomic E-state index is 0.469. The quantitative estimate of drug-likeness (QED) is 0.0791. The van der Waals surface area contributed by atoms with Crippen LogP contribution in [-0.4, -0.2) is 0 Å². The molecule has 20 rings (SSSR count). The highest BCUT2D eigenvalue weighted by atomic mass is 15.2. The maximum atomic E-state index is 2.51. The van der Waals surface area contributed by atoms with Crippen LogP contribution in [0.3, 0.4) is 0 Å². The molecule has 2 saturated carbocycles. The Hall–Kier alpha value is -12.1. The first kappa shape index (κ1) is 68.4. The van der Waals surface area contributed by atoms with Gasteiger partial charge in [-0.2, -0.15) is 0 Å². The summed E-state index contributed by atoms with van der Waals surface area (Å²) in [5.74, 6) is 2.27. The van der Waals surface area contributed by atoms with Gasteiger partial charge in [0, 0.05) is 33.5 Å². The number of hydrogen-bond acceptors (Lipinski definition) is 2. The van der Waals surface area contributed by atoms with E-state index in [1.165, 1.54) is 251 Å². The largest absolute Gasteiger partial charge is 0.310 e. The molecule has 0 N–H and O–H groups in total. The number of rotatable bonds is 14. The van der Waals surface area contributed by atoms with Crippen molar-refractivity contribution >= 4 is 120 Å². The van der Waals surface area contributed by atoms with Crippen molar-refractivity contribution in [1.29, 1.82) is 0 Å². The molecule has 0 aromatic heterocycles. The van der Waals surface area contributed by atoms with Crippen molar-refractivity contribution < 1.29 is 0 Å². The molecular weight excluding hydrogens is 1330 g/mol. The van der Waals surface area contributed by atoms with Crippen molar-refractivity contribution in [2.75, 3.05) is 9.80 Å². The van der Waals surface area contributed by atoms with E-state index in [0.717, 1.165) is 0 Å². The zero-order valence-electron chi connectivity index (χ0n) is 63.6. The van der Waals surface area contributed by atoms with Crippen molar-refractivity contribution in [3.63, 3.8) is 0 Å². The maximum Gasteiger partial charge on any atom is 0.0546 e. The molecule has 2 heteroatoms. The summed E-state index contributed by atoms with van der Waals surface area (Å²) in [4.78, 5) is 5.02. The summed E-state index contributed by atoms with van der Waals surface area (Å²) < 4.78 is 0. The van der Waals surface area contributed by atoms with Gasteiger partial charge in [-0.1, -0.05) is 339 Å². The van der Waals surface area contributed by atoms with Gasteiger partial charge in [0.1, 0.15) is 0 Å². The van der Waals surface area contributed by atoms with Gasteiger partial charge in [0.15, 0.2) is 0 Å². The molecule has 2 fully saturated rings. The Balaban J connectivity index is 0.000000154. The van der Waals surface area contributed by atoms with E-state index in [-0.39, 0.29) is 0 Å². The summed E-state index contributed by atoms with van der Waals surface area (Å²) in [5.41, 5.74) is 22.9. The SMILES string of the molecule is CC(C)c1ccc(N(c2ccc(C3CCCCC3)cc2)c2cc3c4ccccc4c(N(c4ccc(C(C)C)cc4)c4ccc(C5CCCCC5)cc4)cc3c3ccccc23)cc1.c1ccc(-c2ccccc2-c2c3ccccc3c(-c3cccc(-c4ccc5ccc6cccc7ccc4c5c67)c3)c3ccccc23)cc1. The van der Waals surface area contributed by atoms with Crippen LogP contribution in [0.15, 0.2) is 340 Å². The predicted molar refractivity (Wildman–Crippen MR) is 475 cm³/mol. The molecule has 0 spiro atoms. The van der Waals surface area contributed by atoms with Gasteiger partial charge in [-0.05, 0) is 258 Å². The fourth-order valence-corrected chi connectivity index (χ4v) is 18.9. The molecule has 534 valence electrons. The van der Waals surface area contributed by atoms with Crippen LogP contribution >= 0.6 is 0 Å². The first-order valence-corrected chi connectivity index (χ1v) is 40.5. The van der Waals surface area contributed by atoms with Crippen molar-refractivity contribution in [2.45, 2.75) is 116 Å². The van der Waals surface area contributed by atoms with Gasteiger partial charge < -0.3 is 9.80 Å². The fraction of sp³-hybridized carbons (Fsp3) is 0.167. The van der Waals surface area contributed by atoms with Crippen LogP contribution in [0.5, 0.6) is 0 Å². The average molecular weight is 1420 g/mol. The molecule has 110 heavy (non-hydrogen) atoms. The molecule has 0 aliphatic heterocycles. The zero-order chi connectivity index (χ0) is 73.8. The van der Waals surface area contributed by atoms with Crippen molar-refractivity contribution in [1.82, 2.24) is 0 Å². The normalized spacial score (nSPS) is 13.7. The fourth-order valence-electron chi connectivity index (χ4n) is 18.9. The van der Waals surface area contributed by atoms with E-state index in [2.05, 4.69) is 377 Å². The van der Waals surface area contributed by atoms with Crippen LogP contribution in [0.1, 0.15) is 138 Å². The first-order valence-electron chi connectivity index (χ1n) is 40.5. The minimum atomic E-state index is 0.469. The standard InChI is InChI=1S/C60H62N2.C48H30/c1-41(2)43-23-31-49(32-24-43)61(51-35-27-47(28-36-51)45-15-7-5-8-16-45)59-39-57-54-20-12-14-22-56(54)60(40-58(57)53-19-11-13-21-55(53)59)62(50-33-25-44(26-34-50)42(3)4)52-37-29-48(30-38-52)46-17-9-6-10-18-46;1-2-12-31(13-3-1)37-18-4-5-19-39(37)48-42-22-8-6-20-40(42)46(41-21-7-9-23-43(41)48)36-17-11-16-35(30-36)38-28-26-34-25-24-32-14-10-15-33-27-29-44(38)47(34)45(32)33/h11-14,19-42,45-46H,5-10,15-18H2,1-4H3;1-30H. The number of fused-ring (bicyclic) bond motifs is 7. The first-order chi connectivity index (χ1) is 54.2. The third-order valence-corrected chi connectivity index (χ3v) is 24.6. The summed E-state index contributed by atoms with van der Waals surface area (Å²) in [5, 5.41) is 20.5. The Bertz CT molecular complexity index is 6120. The second-order valence-electron chi connectivity index (χ2n) is 31.8. The second-order valence-corrected chi connectivity index (χ2v) is 31.8. The van der Waals surface area contributed by atoms with Crippen molar-refractivity contribution in [3.8, 4) is 44.5 Å². The number of hydrogen-bond donors (Lipinski definition) is 0. The molecule has 0 heterocycles. The molecular formula is C108H92N2. The molecule has 18 aromatic carbocycles. The molecule has 0 amide bonds. The number of nitrogens with zero attached hydrogens (tertiary/aromatic N) is 2. The molecule has 0 atom stereocenters. The van der Waals surface area contributed by atoms with Gasteiger partial charge in [0.2, 0.25) is 0 Å². The van der Waals surface area contributed by atoms with Crippen LogP contribution in [0.4, 0.5) is 34.1 Å². The van der Waals surface area contributed by atoms with Crippen molar-refractivity contribution in [3.05, 3.63) is 362 Å². The molecule has 2 aliphatic rings. The Morgan fingerprint density at radius 1 is 0.236 bits per heavy atom. The summed E-state index contributed by atoms with van der Waals surface area (Å²) in [6.07, 6.45) is 13.3. The average Bonchev–Trinajstić information content (AvgIpc) is 0.820. The summed E-state index contributed by atoms with van der Waals surface area (Å²) in [7, 11) is 0. The van der Waals surface area contributed by atoms with Crippen LogP contribution in [-0.2, 0) is 0 Å². The van der Waals surface area contributed by atoms with E-state index in [4.69, 9.17) is 0 Å². The molecule has 0 saturated heterocycles. The highest BCUT2D eigenvalue weighted by Gasteiger charge is 2.26. The minimum Gasteiger partial charge on any atom is -0.310 e. The van der Waals surface area contributed by atoms with Gasteiger partial charge >= 0.3 is 0 Å². The van der Waals surface area contributed by atoms with E-state index in [9.17, 15) is 0 Å². The Morgan fingerprint density at radius 2 is 0.609 bits per heavy atom. The highest BCUT2D eigenvalue weighted by molar-refractivity contribution is 6.28. The monoisotopic (exact) mass is 1420 g/mol. The maximum absolute atomic E-state index is 2.51. The third-order valence-electron chi connectivity index (χ3n) is 24.6. The topological polar surface area (TPSA) is 6.48 Å². The lowest BCUT2D eigenvalue weighted by Crippen LogP contribution is -2.12. The van der Waals surface area contributed by atoms with E-state index >= 15 is 0 Å². The summed E-state index contributed by atoms with van der Waals surface area (Å²) >= 11 is 0. The molecule has 0 bridgehead atoms. The zero-order valence-corrected chi connectivity index (χ0v) is 63.6. The summed E-state index contributed by atoms with van der Waals surface area (Å²) in [6, 6.07) is 128. The van der Waals surface area contributed by atoms with Gasteiger partial charge in [-0.3, -0.25) is 0 Å². The van der Waals surface area contributed by atoms with E-state index < -0.39 is 0 Å². The highest BCUT2D eigenvalue weighted by Crippen LogP contribution is 2.52. The Morgan fingerprint density at radius 3 is 1.09 bits per heavy atom. The lowest BCUT2D eigenvalue weighted by Gasteiger charge is -2.30. The van der Waals surface area contributed by atoms with Crippen LogP contribution in [0.25, 0.3) is 131 Å². The number of benzene rings is 18. The molecule has 0 unspecified atom stereocenters. The van der Waals surface area contributed by atoms with E-state index in [1.807, 2.05) is 0 Å². The number of anilines is 6. The van der Waals surface area contributed by atoms with Crippen LogP contribution in [0.2, 0.25) is 0 Å². The van der Waals surface area contributed by atoms with Crippen molar-refractivity contribution in [2.24, 2.45) is 0 Å².